The van der Waals surface area contributed by atoms with Crippen molar-refractivity contribution in [3.63, 3.8) is 0 Å². The van der Waals surface area contributed by atoms with Crippen LogP contribution in [-0.2, 0) is 0 Å². The van der Waals surface area contributed by atoms with Gasteiger partial charge in [-0.2, -0.15) is 0 Å². The van der Waals surface area contributed by atoms with Gasteiger partial charge in [-0.3, -0.25) is 4.79 Å². The minimum absolute atomic E-state index is 0.237. The summed E-state index contributed by atoms with van der Waals surface area (Å²) in [4.78, 5) is 12.4. The van der Waals surface area contributed by atoms with Crippen LogP contribution in [0.2, 0.25) is 0 Å². The first-order valence-corrected chi connectivity index (χ1v) is 6.38. The van der Waals surface area contributed by atoms with Crippen molar-refractivity contribution < 1.29 is 18.7 Å². The van der Waals surface area contributed by atoms with Crippen LogP contribution in [0.3, 0.4) is 0 Å². The van der Waals surface area contributed by atoms with Crippen molar-refractivity contribution in [2.75, 3.05) is 14.2 Å². The van der Waals surface area contributed by atoms with E-state index in [0.717, 1.165) is 0 Å². The zero-order valence-corrected chi connectivity index (χ0v) is 12.4. The molecule has 0 N–H and O–H groups in total. The Balaban J connectivity index is 2.52. The predicted octanol–water partition coefficient (Wildman–Crippen LogP) is 3.60. The predicted molar refractivity (Wildman–Crippen MR) is 74.1 cm³/mol. The number of hydrogen-bond acceptors (Lipinski definition) is 4. The van der Waals surface area contributed by atoms with E-state index in [2.05, 4.69) is 15.9 Å². The molecule has 0 aliphatic heterocycles. The van der Waals surface area contributed by atoms with Gasteiger partial charge in [0.25, 0.3) is 0 Å². The van der Waals surface area contributed by atoms with Gasteiger partial charge in [-0.1, -0.05) is 0 Å². The second kappa shape index (κ2) is 5.48. The van der Waals surface area contributed by atoms with E-state index < -0.39 is 0 Å². The maximum Gasteiger partial charge on any atom is 0.233 e. The lowest BCUT2D eigenvalue weighted by Gasteiger charge is -2.11. The van der Waals surface area contributed by atoms with E-state index in [1.807, 2.05) is 0 Å². The van der Waals surface area contributed by atoms with Crippen LogP contribution in [0.1, 0.15) is 21.9 Å². The van der Waals surface area contributed by atoms with Crippen LogP contribution in [-0.4, -0.2) is 20.0 Å². The Morgan fingerprint density at radius 3 is 2.47 bits per heavy atom. The maximum absolute atomic E-state index is 12.4. The van der Waals surface area contributed by atoms with Crippen molar-refractivity contribution in [1.82, 2.24) is 0 Å². The van der Waals surface area contributed by atoms with Gasteiger partial charge < -0.3 is 13.9 Å². The second-order valence-corrected chi connectivity index (χ2v) is 4.78. The highest BCUT2D eigenvalue weighted by atomic mass is 79.9. The zero-order chi connectivity index (χ0) is 14.0. The lowest BCUT2D eigenvalue weighted by molar-refractivity contribution is 0.100. The van der Waals surface area contributed by atoms with E-state index in [1.165, 1.54) is 7.11 Å². The van der Waals surface area contributed by atoms with Gasteiger partial charge in [-0.15, -0.1) is 0 Å². The number of rotatable bonds is 4. The lowest BCUT2D eigenvalue weighted by Crippen LogP contribution is -2.04. The molecule has 0 amide bonds. The summed E-state index contributed by atoms with van der Waals surface area (Å²) in [6.45, 7) is 1.79. The van der Waals surface area contributed by atoms with Crippen molar-refractivity contribution >= 4 is 21.7 Å². The topological polar surface area (TPSA) is 48.7 Å². The summed E-state index contributed by atoms with van der Waals surface area (Å²) >= 11 is 3.36. The molecule has 2 aromatic rings. The molecule has 100 valence electrons. The summed E-state index contributed by atoms with van der Waals surface area (Å²) in [5.41, 5.74) is 0.414. The molecule has 1 aromatic carbocycles. The average Bonchev–Trinajstić information content (AvgIpc) is 2.83. The highest BCUT2D eigenvalue weighted by Gasteiger charge is 2.21. The Labute approximate surface area is 119 Å². The first kappa shape index (κ1) is 13.7. The van der Waals surface area contributed by atoms with Crippen LogP contribution in [0.25, 0.3) is 0 Å². The number of halogens is 1. The fourth-order valence-corrected chi connectivity index (χ4v) is 2.34. The Hall–Kier alpha value is -1.75. The van der Waals surface area contributed by atoms with Crippen molar-refractivity contribution in [2.45, 2.75) is 6.92 Å². The lowest BCUT2D eigenvalue weighted by atomic mass is 10.1. The third-order valence-corrected chi connectivity index (χ3v) is 3.30. The molecule has 4 nitrogen and oxygen atoms in total. The number of ketones is 1. The number of hydrogen-bond donors (Lipinski definition) is 0. The summed E-state index contributed by atoms with van der Waals surface area (Å²) < 4.78 is 16.3. The van der Waals surface area contributed by atoms with Gasteiger partial charge in [-0.25, -0.2) is 0 Å². The molecule has 5 heteroatoms. The highest BCUT2D eigenvalue weighted by molar-refractivity contribution is 9.10. The molecule has 2 rings (SSSR count). The minimum atomic E-state index is -0.237. The van der Waals surface area contributed by atoms with Crippen LogP contribution in [0.5, 0.6) is 11.5 Å². The molecular formula is C14H13BrO4. The average molecular weight is 325 g/mol. The summed E-state index contributed by atoms with van der Waals surface area (Å²) in [6.07, 6.45) is 0. The number of benzene rings is 1. The molecular weight excluding hydrogens is 312 g/mol. The summed E-state index contributed by atoms with van der Waals surface area (Å²) in [5.74, 6) is 1.77. The standard InChI is InChI=1S/C14H13BrO4/c1-8-4-5-11(19-8)14(16)13-10(15)6-9(17-2)7-12(13)18-3/h4-7H,1-3H3. The first-order chi connectivity index (χ1) is 9.06. The fourth-order valence-electron chi connectivity index (χ4n) is 1.74. The van der Waals surface area contributed by atoms with Crippen LogP contribution < -0.4 is 9.47 Å². The third kappa shape index (κ3) is 2.66. The van der Waals surface area contributed by atoms with Crippen molar-refractivity contribution in [2.24, 2.45) is 0 Å². The number of furan rings is 1. The molecule has 19 heavy (non-hydrogen) atoms. The third-order valence-electron chi connectivity index (χ3n) is 2.67. The molecule has 0 unspecified atom stereocenters. The molecule has 0 saturated carbocycles. The van der Waals surface area contributed by atoms with Gasteiger partial charge in [0, 0.05) is 10.5 Å². The maximum atomic E-state index is 12.4. The van der Waals surface area contributed by atoms with E-state index in [9.17, 15) is 4.79 Å². The molecule has 0 aliphatic carbocycles. The highest BCUT2D eigenvalue weighted by Crippen LogP contribution is 2.34. The van der Waals surface area contributed by atoms with E-state index in [4.69, 9.17) is 13.9 Å². The zero-order valence-electron chi connectivity index (χ0n) is 10.8. The summed E-state index contributed by atoms with van der Waals surface area (Å²) in [7, 11) is 3.06. The SMILES string of the molecule is COc1cc(Br)c(C(=O)c2ccc(C)o2)c(OC)c1. The molecule has 0 bridgehead atoms. The first-order valence-electron chi connectivity index (χ1n) is 5.59. The molecule has 0 spiro atoms. The largest absolute Gasteiger partial charge is 0.497 e. The van der Waals surface area contributed by atoms with Gasteiger partial charge in [0.05, 0.1) is 19.8 Å². The Bertz CT molecular complexity index is 616. The summed E-state index contributed by atoms with van der Waals surface area (Å²) in [5, 5.41) is 0. The van der Waals surface area contributed by atoms with Gasteiger partial charge in [0.2, 0.25) is 5.78 Å². The number of methoxy groups -OCH3 is 2. The quantitative estimate of drug-likeness (QED) is 0.806. The van der Waals surface area contributed by atoms with E-state index >= 15 is 0 Å². The molecule has 1 heterocycles. The second-order valence-electron chi connectivity index (χ2n) is 3.93. The van der Waals surface area contributed by atoms with Gasteiger partial charge >= 0.3 is 0 Å². The Morgan fingerprint density at radius 2 is 1.95 bits per heavy atom. The summed E-state index contributed by atoms with van der Waals surface area (Å²) in [6, 6.07) is 6.77. The number of ether oxygens (including phenoxy) is 2. The number of carbonyl (C=O) groups excluding carboxylic acids is 1. The smallest absolute Gasteiger partial charge is 0.233 e. The molecule has 0 fully saturated rings. The minimum Gasteiger partial charge on any atom is -0.497 e. The molecule has 0 radical (unpaired) electrons. The van der Waals surface area contributed by atoms with Gasteiger partial charge in [-0.05, 0) is 41.1 Å². The molecule has 0 atom stereocenters. The fraction of sp³-hybridized carbons (Fsp3) is 0.214. The van der Waals surface area contributed by atoms with Crippen molar-refractivity contribution in [3.8, 4) is 11.5 Å². The normalized spacial score (nSPS) is 10.3. The number of carbonyl (C=O) groups is 1. The molecule has 1 aromatic heterocycles. The van der Waals surface area contributed by atoms with E-state index in [-0.39, 0.29) is 11.5 Å². The van der Waals surface area contributed by atoms with Crippen molar-refractivity contribution in [1.29, 1.82) is 0 Å². The van der Waals surface area contributed by atoms with Crippen LogP contribution in [0.15, 0.2) is 33.2 Å². The molecule has 0 aliphatic rings. The Morgan fingerprint density at radius 1 is 1.21 bits per heavy atom. The number of aryl methyl sites for hydroxylation is 1. The van der Waals surface area contributed by atoms with Crippen LogP contribution >= 0.6 is 15.9 Å². The Kier molecular flexibility index (Phi) is 3.95. The van der Waals surface area contributed by atoms with Gasteiger partial charge in [0.1, 0.15) is 17.3 Å². The van der Waals surface area contributed by atoms with Gasteiger partial charge in [0.15, 0.2) is 5.76 Å². The van der Waals surface area contributed by atoms with Crippen molar-refractivity contribution in [3.05, 3.63) is 45.8 Å². The van der Waals surface area contributed by atoms with Crippen LogP contribution in [0, 0.1) is 6.92 Å². The monoisotopic (exact) mass is 324 g/mol. The van der Waals surface area contributed by atoms with Crippen LogP contribution in [0.4, 0.5) is 0 Å². The molecule has 0 saturated heterocycles. The van der Waals surface area contributed by atoms with E-state index in [1.54, 1.807) is 38.3 Å². The van der Waals surface area contributed by atoms with E-state index in [0.29, 0.717) is 27.3 Å².